The first-order valence-electron chi connectivity index (χ1n) is 5.92. The third-order valence-corrected chi connectivity index (χ3v) is 3.73. The summed E-state index contributed by atoms with van der Waals surface area (Å²) < 4.78 is 0. The number of benzene rings is 1. The van der Waals surface area contributed by atoms with E-state index in [0.717, 1.165) is 5.92 Å². The molecule has 15 heavy (non-hydrogen) atoms. The van der Waals surface area contributed by atoms with Crippen LogP contribution in [0.15, 0.2) is 18.2 Å². The zero-order valence-corrected chi connectivity index (χ0v) is 9.96. The van der Waals surface area contributed by atoms with Gasteiger partial charge >= 0.3 is 0 Å². The second-order valence-corrected chi connectivity index (χ2v) is 5.08. The monoisotopic (exact) mass is 203 g/mol. The van der Waals surface area contributed by atoms with Gasteiger partial charge in [-0.1, -0.05) is 30.7 Å². The van der Waals surface area contributed by atoms with Gasteiger partial charge in [-0.15, -0.1) is 0 Å². The molecule has 2 N–H and O–H groups in total. The first kappa shape index (κ1) is 10.7. The number of aryl methyl sites for hydroxylation is 2. The predicted octanol–water partition coefficient (Wildman–Crippen LogP) is 3.35. The smallest absolute Gasteiger partial charge is 0.0326 e. The molecule has 82 valence electrons. The molecule has 1 aliphatic carbocycles. The maximum absolute atomic E-state index is 6.35. The first-order chi connectivity index (χ1) is 7.09. The van der Waals surface area contributed by atoms with Crippen molar-refractivity contribution < 1.29 is 0 Å². The maximum Gasteiger partial charge on any atom is 0.0326 e. The second kappa shape index (κ2) is 3.97. The van der Waals surface area contributed by atoms with Crippen molar-refractivity contribution in [3.8, 4) is 0 Å². The van der Waals surface area contributed by atoms with Crippen molar-refractivity contribution in [1.29, 1.82) is 0 Å². The Morgan fingerprint density at radius 3 is 2.53 bits per heavy atom. The molecule has 0 heterocycles. The van der Waals surface area contributed by atoms with Crippen LogP contribution in [-0.4, -0.2) is 0 Å². The molecule has 1 aromatic carbocycles. The van der Waals surface area contributed by atoms with Crippen molar-refractivity contribution in [2.24, 2.45) is 17.6 Å². The minimum Gasteiger partial charge on any atom is -0.324 e. The quantitative estimate of drug-likeness (QED) is 0.801. The zero-order chi connectivity index (χ0) is 11.0. The van der Waals surface area contributed by atoms with Gasteiger partial charge in [0.05, 0.1) is 0 Å². The molecule has 0 radical (unpaired) electrons. The molecule has 1 heteroatoms. The highest BCUT2D eigenvalue weighted by Gasteiger charge is 2.32. The summed E-state index contributed by atoms with van der Waals surface area (Å²) in [4.78, 5) is 0. The lowest BCUT2D eigenvalue weighted by Gasteiger charge is -2.22. The van der Waals surface area contributed by atoms with Crippen molar-refractivity contribution in [2.45, 2.75) is 39.7 Å². The predicted molar refractivity (Wildman–Crippen MR) is 64.7 cm³/mol. The van der Waals surface area contributed by atoms with Gasteiger partial charge in [0.25, 0.3) is 0 Å². The first-order valence-corrected chi connectivity index (χ1v) is 5.92. The summed E-state index contributed by atoms with van der Waals surface area (Å²) in [6.45, 7) is 6.59. The van der Waals surface area contributed by atoms with Crippen LogP contribution >= 0.6 is 0 Å². The molecular formula is C14H21N. The van der Waals surface area contributed by atoms with E-state index < -0.39 is 0 Å². The van der Waals surface area contributed by atoms with Crippen LogP contribution in [0.25, 0.3) is 0 Å². The molecule has 2 unspecified atom stereocenters. The van der Waals surface area contributed by atoms with Gasteiger partial charge in [0.15, 0.2) is 0 Å². The molecule has 1 fully saturated rings. The fraction of sp³-hybridized carbons (Fsp3) is 0.571. The SMILES string of the molecule is Cc1ccc(C)c(C(N)C(C)C2CC2)c1. The summed E-state index contributed by atoms with van der Waals surface area (Å²) in [6.07, 6.45) is 2.75. The van der Waals surface area contributed by atoms with Gasteiger partial charge in [0.2, 0.25) is 0 Å². The normalized spacial score (nSPS) is 20.0. The molecule has 0 spiro atoms. The second-order valence-electron chi connectivity index (χ2n) is 5.08. The summed E-state index contributed by atoms with van der Waals surface area (Å²) in [5, 5.41) is 0. The molecule has 2 atom stereocenters. The van der Waals surface area contributed by atoms with Gasteiger partial charge in [-0.25, -0.2) is 0 Å². The highest BCUT2D eigenvalue weighted by atomic mass is 14.7. The Morgan fingerprint density at radius 1 is 1.27 bits per heavy atom. The van der Waals surface area contributed by atoms with Crippen LogP contribution in [0.5, 0.6) is 0 Å². The standard InChI is InChI=1S/C14H21N/c1-9-4-5-10(2)13(8-9)14(15)11(3)12-6-7-12/h4-5,8,11-12,14H,6-7,15H2,1-3H3. The number of rotatable bonds is 3. The van der Waals surface area contributed by atoms with Crippen molar-refractivity contribution in [3.63, 3.8) is 0 Å². The molecule has 1 aromatic rings. The topological polar surface area (TPSA) is 26.0 Å². The summed E-state index contributed by atoms with van der Waals surface area (Å²) in [7, 11) is 0. The molecule has 1 nitrogen and oxygen atoms in total. The van der Waals surface area contributed by atoms with E-state index in [1.165, 1.54) is 29.5 Å². The molecule has 2 rings (SSSR count). The third kappa shape index (κ3) is 2.23. The van der Waals surface area contributed by atoms with E-state index in [-0.39, 0.29) is 6.04 Å². The summed E-state index contributed by atoms with van der Waals surface area (Å²) in [5.41, 5.74) is 10.3. The van der Waals surface area contributed by atoms with Crippen LogP contribution in [0.3, 0.4) is 0 Å². The van der Waals surface area contributed by atoms with Crippen molar-refractivity contribution in [1.82, 2.24) is 0 Å². The van der Waals surface area contributed by atoms with Gasteiger partial charge in [-0.05, 0) is 49.7 Å². The van der Waals surface area contributed by atoms with E-state index in [1.807, 2.05) is 0 Å². The minimum atomic E-state index is 0.220. The Hall–Kier alpha value is -0.820. The molecule has 0 aromatic heterocycles. The lowest BCUT2D eigenvalue weighted by atomic mass is 9.88. The lowest BCUT2D eigenvalue weighted by molar-refractivity contribution is 0.416. The summed E-state index contributed by atoms with van der Waals surface area (Å²) in [5.74, 6) is 1.51. The molecule has 0 bridgehead atoms. The van der Waals surface area contributed by atoms with E-state index in [0.29, 0.717) is 5.92 Å². The molecule has 0 aliphatic heterocycles. The Morgan fingerprint density at radius 2 is 1.93 bits per heavy atom. The molecule has 1 aliphatic rings. The van der Waals surface area contributed by atoms with Crippen LogP contribution in [-0.2, 0) is 0 Å². The molecule has 0 amide bonds. The van der Waals surface area contributed by atoms with Crippen molar-refractivity contribution in [3.05, 3.63) is 34.9 Å². The van der Waals surface area contributed by atoms with E-state index in [2.05, 4.69) is 39.0 Å². The van der Waals surface area contributed by atoms with Crippen LogP contribution in [0, 0.1) is 25.7 Å². The van der Waals surface area contributed by atoms with E-state index in [4.69, 9.17) is 5.73 Å². The zero-order valence-electron chi connectivity index (χ0n) is 9.96. The van der Waals surface area contributed by atoms with Gasteiger partial charge in [-0.2, -0.15) is 0 Å². The van der Waals surface area contributed by atoms with Crippen LogP contribution in [0.4, 0.5) is 0 Å². The average Bonchev–Trinajstić information content (AvgIpc) is 3.03. The fourth-order valence-electron chi connectivity index (χ4n) is 2.32. The van der Waals surface area contributed by atoms with E-state index >= 15 is 0 Å². The number of hydrogen-bond donors (Lipinski definition) is 1. The fourth-order valence-corrected chi connectivity index (χ4v) is 2.32. The highest BCUT2D eigenvalue weighted by Crippen LogP contribution is 2.42. The van der Waals surface area contributed by atoms with Gasteiger partial charge in [0, 0.05) is 6.04 Å². The van der Waals surface area contributed by atoms with Crippen molar-refractivity contribution in [2.75, 3.05) is 0 Å². The largest absolute Gasteiger partial charge is 0.324 e. The average molecular weight is 203 g/mol. The van der Waals surface area contributed by atoms with E-state index in [1.54, 1.807) is 0 Å². The number of nitrogens with two attached hydrogens (primary N) is 1. The van der Waals surface area contributed by atoms with Crippen LogP contribution < -0.4 is 5.73 Å². The van der Waals surface area contributed by atoms with Crippen LogP contribution in [0.2, 0.25) is 0 Å². The minimum absolute atomic E-state index is 0.220. The lowest BCUT2D eigenvalue weighted by Crippen LogP contribution is -2.21. The molecule has 0 saturated heterocycles. The van der Waals surface area contributed by atoms with E-state index in [9.17, 15) is 0 Å². The Balaban J connectivity index is 2.23. The third-order valence-electron chi connectivity index (χ3n) is 3.73. The van der Waals surface area contributed by atoms with Gasteiger partial charge in [0.1, 0.15) is 0 Å². The van der Waals surface area contributed by atoms with Gasteiger partial charge in [-0.3, -0.25) is 0 Å². The molecular weight excluding hydrogens is 182 g/mol. The number of hydrogen-bond acceptors (Lipinski definition) is 1. The van der Waals surface area contributed by atoms with Crippen LogP contribution in [0.1, 0.15) is 42.5 Å². The maximum atomic E-state index is 6.35. The van der Waals surface area contributed by atoms with Gasteiger partial charge < -0.3 is 5.73 Å². The Bertz CT molecular complexity index is 352. The Labute approximate surface area is 92.7 Å². The Kier molecular flexibility index (Phi) is 2.83. The highest BCUT2D eigenvalue weighted by molar-refractivity contribution is 5.33. The summed E-state index contributed by atoms with van der Waals surface area (Å²) in [6, 6.07) is 6.81. The summed E-state index contributed by atoms with van der Waals surface area (Å²) >= 11 is 0. The van der Waals surface area contributed by atoms with Crippen molar-refractivity contribution >= 4 is 0 Å². The molecule has 1 saturated carbocycles.